The van der Waals surface area contributed by atoms with Crippen molar-refractivity contribution in [1.82, 2.24) is 14.9 Å². The van der Waals surface area contributed by atoms with Gasteiger partial charge in [-0.3, -0.25) is 0 Å². The van der Waals surface area contributed by atoms with Gasteiger partial charge in [0, 0.05) is 36.4 Å². The van der Waals surface area contributed by atoms with E-state index in [1.54, 1.807) is 0 Å². The molecule has 0 amide bonds. The van der Waals surface area contributed by atoms with Gasteiger partial charge >= 0.3 is 0 Å². The normalized spacial score (nSPS) is 32.0. The van der Waals surface area contributed by atoms with E-state index in [1.807, 2.05) is 6.20 Å². The number of aromatic nitrogens is 2. The predicted octanol–water partition coefficient (Wildman–Crippen LogP) is 1.65. The van der Waals surface area contributed by atoms with E-state index in [1.165, 1.54) is 18.7 Å². The molecule has 1 aromatic rings. The van der Waals surface area contributed by atoms with Crippen LogP contribution in [0.3, 0.4) is 0 Å². The van der Waals surface area contributed by atoms with E-state index in [0.29, 0.717) is 12.1 Å². The highest BCUT2D eigenvalue weighted by molar-refractivity contribution is 5.05. The predicted molar refractivity (Wildman–Crippen MR) is 70.5 cm³/mol. The highest BCUT2D eigenvalue weighted by atomic mass is 16.3. The third-order valence-corrected chi connectivity index (χ3v) is 4.43. The first-order valence-corrected chi connectivity index (χ1v) is 7.16. The monoisotopic (exact) mass is 249 g/mol. The summed E-state index contributed by atoms with van der Waals surface area (Å²) in [5, 5.41) is 13.4. The Labute approximate surface area is 108 Å². The summed E-state index contributed by atoms with van der Waals surface area (Å²) in [7, 11) is 0. The van der Waals surface area contributed by atoms with E-state index in [4.69, 9.17) is 0 Å². The highest BCUT2D eigenvalue weighted by Gasteiger charge is 2.42. The van der Waals surface area contributed by atoms with Crippen LogP contribution in [-0.4, -0.2) is 32.8 Å². The molecule has 2 unspecified atom stereocenters. The van der Waals surface area contributed by atoms with Crippen molar-refractivity contribution in [3.63, 3.8) is 0 Å². The molecule has 0 aromatic carbocycles. The molecule has 0 aliphatic heterocycles. The first-order valence-electron chi connectivity index (χ1n) is 7.16. The van der Waals surface area contributed by atoms with Gasteiger partial charge in [0.1, 0.15) is 5.82 Å². The lowest BCUT2D eigenvalue weighted by atomic mass is 9.98. The van der Waals surface area contributed by atoms with E-state index in [9.17, 15) is 5.11 Å². The van der Waals surface area contributed by atoms with Gasteiger partial charge in [-0.1, -0.05) is 6.92 Å². The number of nitrogens with one attached hydrogen (secondary N) is 1. The zero-order valence-corrected chi connectivity index (χ0v) is 11.1. The molecule has 0 radical (unpaired) electrons. The molecule has 1 heterocycles. The summed E-state index contributed by atoms with van der Waals surface area (Å²) >= 11 is 0. The molecule has 2 N–H and O–H groups in total. The van der Waals surface area contributed by atoms with E-state index in [0.717, 1.165) is 25.7 Å². The lowest BCUT2D eigenvalue weighted by molar-refractivity contribution is 0.158. The molecule has 0 saturated heterocycles. The molecule has 0 spiro atoms. The van der Waals surface area contributed by atoms with Crippen molar-refractivity contribution in [3.05, 3.63) is 18.2 Å². The van der Waals surface area contributed by atoms with Crippen molar-refractivity contribution < 1.29 is 5.11 Å². The van der Waals surface area contributed by atoms with Crippen LogP contribution in [-0.2, 0) is 6.42 Å². The van der Waals surface area contributed by atoms with E-state index in [-0.39, 0.29) is 12.1 Å². The number of hydrogen-bond donors (Lipinski definition) is 2. The number of imidazole rings is 1. The Morgan fingerprint density at radius 2 is 2.33 bits per heavy atom. The van der Waals surface area contributed by atoms with Crippen molar-refractivity contribution in [3.8, 4) is 0 Å². The van der Waals surface area contributed by atoms with Crippen molar-refractivity contribution in [2.45, 2.75) is 63.1 Å². The van der Waals surface area contributed by atoms with Crippen molar-refractivity contribution in [2.75, 3.05) is 6.61 Å². The Morgan fingerprint density at radius 1 is 1.50 bits per heavy atom. The number of hydrogen-bond acceptors (Lipinski definition) is 3. The van der Waals surface area contributed by atoms with Crippen LogP contribution >= 0.6 is 0 Å². The second-order valence-corrected chi connectivity index (χ2v) is 5.86. The van der Waals surface area contributed by atoms with Crippen molar-refractivity contribution in [2.24, 2.45) is 0 Å². The molecule has 4 nitrogen and oxygen atoms in total. The zero-order valence-electron chi connectivity index (χ0n) is 11.1. The molecule has 4 heteroatoms. The largest absolute Gasteiger partial charge is 0.394 e. The highest BCUT2D eigenvalue weighted by Crippen LogP contribution is 2.40. The summed E-state index contributed by atoms with van der Waals surface area (Å²) in [6, 6.07) is 1.16. The second-order valence-electron chi connectivity index (χ2n) is 5.86. The standard InChI is InChI=1S/C14H23N3O/c1-2-13-15-7-8-17(13)12-5-6-14(9-12,10-18)16-11-3-4-11/h7-8,11-12,16,18H,2-6,9-10H2,1H3. The molecule has 3 rings (SSSR count). The maximum absolute atomic E-state index is 9.75. The van der Waals surface area contributed by atoms with Crippen LogP contribution in [0.5, 0.6) is 0 Å². The minimum Gasteiger partial charge on any atom is -0.394 e. The van der Waals surface area contributed by atoms with Gasteiger partial charge in [0.15, 0.2) is 0 Å². The minimum atomic E-state index is -0.0406. The first-order chi connectivity index (χ1) is 8.76. The third kappa shape index (κ3) is 2.19. The lowest BCUT2D eigenvalue weighted by Gasteiger charge is -2.29. The summed E-state index contributed by atoms with van der Waals surface area (Å²) in [6.45, 7) is 2.41. The molecule has 2 aliphatic rings. The SMILES string of the molecule is CCc1nccn1C1CCC(CO)(NC2CC2)C1. The van der Waals surface area contributed by atoms with Crippen LogP contribution in [0.25, 0.3) is 0 Å². The summed E-state index contributed by atoms with van der Waals surface area (Å²) in [5.41, 5.74) is -0.0406. The van der Waals surface area contributed by atoms with Gasteiger partial charge in [0.2, 0.25) is 0 Å². The molecule has 2 fully saturated rings. The van der Waals surface area contributed by atoms with Gasteiger partial charge in [0.05, 0.1) is 6.61 Å². The lowest BCUT2D eigenvalue weighted by Crippen LogP contribution is -2.47. The maximum Gasteiger partial charge on any atom is 0.108 e. The van der Waals surface area contributed by atoms with Crippen molar-refractivity contribution in [1.29, 1.82) is 0 Å². The molecule has 2 atom stereocenters. The number of rotatable bonds is 5. The number of aliphatic hydroxyl groups is 1. The number of nitrogens with zero attached hydrogens (tertiary/aromatic N) is 2. The van der Waals surface area contributed by atoms with E-state index in [2.05, 4.69) is 28.0 Å². The van der Waals surface area contributed by atoms with E-state index < -0.39 is 0 Å². The molecular formula is C14H23N3O. The molecule has 2 aliphatic carbocycles. The minimum absolute atomic E-state index is 0.0406. The van der Waals surface area contributed by atoms with Crippen LogP contribution < -0.4 is 5.32 Å². The Kier molecular flexibility index (Phi) is 3.16. The molecule has 2 saturated carbocycles. The van der Waals surface area contributed by atoms with Gasteiger partial charge < -0.3 is 15.0 Å². The summed E-state index contributed by atoms with van der Waals surface area (Å²) < 4.78 is 2.31. The van der Waals surface area contributed by atoms with Crippen molar-refractivity contribution >= 4 is 0 Å². The van der Waals surface area contributed by atoms with Gasteiger partial charge in [0.25, 0.3) is 0 Å². The molecule has 100 valence electrons. The van der Waals surface area contributed by atoms with Gasteiger partial charge in [-0.05, 0) is 32.1 Å². The third-order valence-electron chi connectivity index (χ3n) is 4.43. The fourth-order valence-corrected chi connectivity index (χ4v) is 3.27. The van der Waals surface area contributed by atoms with Crippen LogP contribution in [0, 0.1) is 0 Å². The van der Waals surface area contributed by atoms with Crippen LogP contribution in [0.15, 0.2) is 12.4 Å². The molecule has 18 heavy (non-hydrogen) atoms. The van der Waals surface area contributed by atoms with Crippen LogP contribution in [0.1, 0.15) is 50.9 Å². The summed E-state index contributed by atoms with van der Waals surface area (Å²) in [5.74, 6) is 1.17. The summed E-state index contributed by atoms with van der Waals surface area (Å²) in [4.78, 5) is 4.41. The zero-order chi connectivity index (χ0) is 12.6. The smallest absolute Gasteiger partial charge is 0.108 e. The van der Waals surface area contributed by atoms with Crippen LogP contribution in [0.2, 0.25) is 0 Å². The average Bonchev–Trinajstić information content (AvgIpc) is 2.93. The number of aliphatic hydroxyl groups excluding tert-OH is 1. The fraction of sp³-hybridized carbons (Fsp3) is 0.786. The quantitative estimate of drug-likeness (QED) is 0.834. The second kappa shape index (κ2) is 4.67. The van der Waals surface area contributed by atoms with E-state index >= 15 is 0 Å². The van der Waals surface area contributed by atoms with Gasteiger partial charge in [-0.2, -0.15) is 0 Å². The molecular weight excluding hydrogens is 226 g/mol. The average molecular weight is 249 g/mol. The first kappa shape index (κ1) is 12.2. The topological polar surface area (TPSA) is 50.1 Å². The summed E-state index contributed by atoms with van der Waals surface area (Å²) in [6.07, 6.45) is 10.8. The molecule has 1 aromatic heterocycles. The maximum atomic E-state index is 9.75. The fourth-order valence-electron chi connectivity index (χ4n) is 3.27. The Morgan fingerprint density at radius 3 is 3.00 bits per heavy atom. The Bertz CT molecular complexity index is 413. The van der Waals surface area contributed by atoms with Crippen LogP contribution in [0.4, 0.5) is 0 Å². The van der Waals surface area contributed by atoms with Gasteiger partial charge in [-0.25, -0.2) is 4.98 Å². The number of aryl methyl sites for hydroxylation is 1. The Balaban J connectivity index is 1.73. The molecule has 0 bridgehead atoms. The Hall–Kier alpha value is -0.870. The van der Waals surface area contributed by atoms with Gasteiger partial charge in [-0.15, -0.1) is 0 Å².